The van der Waals surface area contributed by atoms with Crippen molar-refractivity contribution in [1.29, 1.82) is 0 Å². The molecule has 1 amide bonds. The molecule has 2 heterocycles. The Morgan fingerprint density at radius 3 is 2.96 bits per heavy atom. The third-order valence-electron chi connectivity index (χ3n) is 5.95. The molecule has 2 aliphatic rings. The van der Waals surface area contributed by atoms with Gasteiger partial charge in [-0.05, 0) is 75.0 Å². The zero-order valence-corrected chi connectivity index (χ0v) is 16.6. The number of hydrogen-bond acceptors (Lipinski definition) is 3. The summed E-state index contributed by atoms with van der Waals surface area (Å²) in [6.45, 7) is 4.24. The number of benzene rings is 2. The highest BCUT2D eigenvalue weighted by Gasteiger charge is 2.30. The summed E-state index contributed by atoms with van der Waals surface area (Å²) in [6.07, 6.45) is 3.92. The van der Waals surface area contributed by atoms with Crippen LogP contribution in [0.3, 0.4) is 0 Å². The molecule has 1 fully saturated rings. The first-order valence-electron chi connectivity index (χ1n) is 10.1. The Labute approximate surface area is 166 Å². The smallest absolute Gasteiger partial charge is 0.247 e. The highest BCUT2D eigenvalue weighted by molar-refractivity contribution is 5.98. The molecule has 0 radical (unpaired) electrons. The summed E-state index contributed by atoms with van der Waals surface area (Å²) < 4.78 is 14.1. The van der Waals surface area contributed by atoms with Crippen molar-refractivity contribution in [3.63, 3.8) is 0 Å². The predicted octanol–water partition coefficient (Wildman–Crippen LogP) is 3.99. The van der Waals surface area contributed by atoms with Crippen molar-refractivity contribution >= 4 is 17.3 Å². The maximum atomic E-state index is 14.1. The number of hydrogen-bond donors (Lipinski definition) is 2. The Bertz CT molecular complexity index is 851. The van der Waals surface area contributed by atoms with Crippen LogP contribution in [0.2, 0.25) is 0 Å². The minimum Gasteiger partial charge on any atom is -0.373 e. The third kappa shape index (κ3) is 4.04. The van der Waals surface area contributed by atoms with E-state index >= 15 is 0 Å². The van der Waals surface area contributed by atoms with E-state index in [1.165, 1.54) is 31.0 Å². The van der Waals surface area contributed by atoms with Gasteiger partial charge in [-0.3, -0.25) is 4.79 Å². The van der Waals surface area contributed by atoms with E-state index < -0.39 is 6.04 Å². The molecule has 0 aromatic heterocycles. The lowest BCUT2D eigenvalue weighted by molar-refractivity contribution is -0.116. The van der Waals surface area contributed by atoms with Gasteiger partial charge in [-0.1, -0.05) is 18.2 Å². The summed E-state index contributed by atoms with van der Waals surface area (Å²) in [5, 5.41) is 6.20. The number of carbonyl (C=O) groups is 1. The number of anilines is 2. The second kappa shape index (κ2) is 7.92. The molecule has 2 aliphatic heterocycles. The summed E-state index contributed by atoms with van der Waals surface area (Å²) in [7, 11) is 2.18. The van der Waals surface area contributed by atoms with E-state index in [0.717, 1.165) is 29.9 Å². The molecule has 2 aromatic rings. The summed E-state index contributed by atoms with van der Waals surface area (Å²) in [5.41, 5.74) is 4.39. The number of amides is 1. The highest BCUT2D eigenvalue weighted by Crippen LogP contribution is 2.32. The Morgan fingerprint density at radius 1 is 1.32 bits per heavy atom. The molecule has 28 heavy (non-hydrogen) atoms. The number of piperidine rings is 1. The molecule has 148 valence electrons. The zero-order valence-electron chi connectivity index (χ0n) is 16.6. The molecule has 4 rings (SSSR count). The van der Waals surface area contributed by atoms with Gasteiger partial charge in [0.15, 0.2) is 0 Å². The number of likely N-dealkylation sites (tertiary alicyclic amines) is 1. The topological polar surface area (TPSA) is 44.4 Å². The summed E-state index contributed by atoms with van der Waals surface area (Å²) in [4.78, 5) is 15.1. The van der Waals surface area contributed by atoms with Crippen LogP contribution in [0.5, 0.6) is 0 Å². The predicted molar refractivity (Wildman–Crippen MR) is 111 cm³/mol. The van der Waals surface area contributed by atoms with Crippen molar-refractivity contribution < 1.29 is 9.18 Å². The minimum absolute atomic E-state index is 0.121. The van der Waals surface area contributed by atoms with Crippen LogP contribution in [0.4, 0.5) is 15.8 Å². The van der Waals surface area contributed by atoms with E-state index in [0.29, 0.717) is 17.9 Å². The molecule has 5 heteroatoms. The van der Waals surface area contributed by atoms with Gasteiger partial charge in [-0.15, -0.1) is 0 Å². The quantitative estimate of drug-likeness (QED) is 0.842. The number of carbonyl (C=O) groups excluding carboxylic acids is 1. The van der Waals surface area contributed by atoms with E-state index in [1.807, 2.05) is 19.1 Å². The van der Waals surface area contributed by atoms with E-state index in [9.17, 15) is 9.18 Å². The minimum atomic E-state index is -0.443. The normalized spacial score (nSPS) is 21.8. The van der Waals surface area contributed by atoms with Gasteiger partial charge in [-0.2, -0.15) is 0 Å². The first kappa shape index (κ1) is 18.9. The molecule has 0 bridgehead atoms. The molecule has 2 N–H and O–H groups in total. The van der Waals surface area contributed by atoms with Crippen molar-refractivity contribution in [1.82, 2.24) is 4.90 Å². The van der Waals surface area contributed by atoms with Gasteiger partial charge in [0.2, 0.25) is 5.91 Å². The van der Waals surface area contributed by atoms with Gasteiger partial charge in [-0.25, -0.2) is 4.39 Å². The fourth-order valence-corrected chi connectivity index (χ4v) is 4.51. The average molecular weight is 381 g/mol. The largest absolute Gasteiger partial charge is 0.373 e. The van der Waals surface area contributed by atoms with Crippen LogP contribution < -0.4 is 10.6 Å². The van der Waals surface area contributed by atoms with E-state index in [2.05, 4.69) is 34.7 Å². The van der Waals surface area contributed by atoms with Crippen molar-refractivity contribution in [2.75, 3.05) is 30.8 Å². The Morgan fingerprint density at radius 2 is 2.18 bits per heavy atom. The van der Waals surface area contributed by atoms with Crippen molar-refractivity contribution in [2.24, 2.45) is 5.92 Å². The van der Waals surface area contributed by atoms with Crippen molar-refractivity contribution in [2.45, 2.75) is 38.6 Å². The molecule has 0 spiro atoms. The average Bonchev–Trinajstić information content (AvgIpc) is 3.12. The Balaban J connectivity index is 1.40. The number of nitrogens with one attached hydrogen (secondary N) is 2. The van der Waals surface area contributed by atoms with E-state index in [1.54, 1.807) is 6.07 Å². The van der Waals surface area contributed by atoms with Crippen molar-refractivity contribution in [3.05, 3.63) is 58.9 Å². The molecule has 2 aromatic carbocycles. The fraction of sp³-hybridized carbons (Fsp3) is 0.435. The summed E-state index contributed by atoms with van der Waals surface area (Å²) in [5.74, 6) is 0.300. The molecule has 2 unspecified atom stereocenters. The highest BCUT2D eigenvalue weighted by atomic mass is 19.1. The molecule has 0 aliphatic carbocycles. The van der Waals surface area contributed by atoms with Crippen LogP contribution in [0.1, 0.15) is 29.5 Å². The fourth-order valence-electron chi connectivity index (χ4n) is 4.51. The van der Waals surface area contributed by atoms with Crippen LogP contribution in [0, 0.1) is 18.7 Å². The number of fused-ring (bicyclic) bond motifs is 1. The maximum absolute atomic E-state index is 14.1. The van der Waals surface area contributed by atoms with Crippen molar-refractivity contribution in [3.8, 4) is 0 Å². The van der Waals surface area contributed by atoms with E-state index in [-0.39, 0.29) is 11.7 Å². The second-order valence-corrected chi connectivity index (χ2v) is 8.28. The Kier molecular flexibility index (Phi) is 5.36. The first-order valence-corrected chi connectivity index (χ1v) is 10.1. The van der Waals surface area contributed by atoms with Gasteiger partial charge in [0.25, 0.3) is 0 Å². The van der Waals surface area contributed by atoms with Gasteiger partial charge in [0.05, 0.1) is 0 Å². The van der Waals surface area contributed by atoms with Crippen LogP contribution in [0.15, 0.2) is 36.4 Å². The van der Waals surface area contributed by atoms with Crippen LogP contribution >= 0.6 is 0 Å². The molecule has 0 saturated carbocycles. The Hall–Kier alpha value is -2.40. The third-order valence-corrected chi connectivity index (χ3v) is 5.95. The SMILES string of the molecule is Cc1ccc(F)c2c1NC(C(=O)Nc1cccc(CC3CCCN(C)C3)c1)C2. The van der Waals surface area contributed by atoms with Gasteiger partial charge < -0.3 is 15.5 Å². The van der Waals surface area contributed by atoms with Crippen LogP contribution in [-0.2, 0) is 17.6 Å². The van der Waals surface area contributed by atoms with Gasteiger partial charge in [0, 0.05) is 29.9 Å². The van der Waals surface area contributed by atoms with E-state index in [4.69, 9.17) is 0 Å². The van der Waals surface area contributed by atoms with Crippen LogP contribution in [-0.4, -0.2) is 37.0 Å². The first-order chi connectivity index (χ1) is 13.5. The lowest BCUT2D eigenvalue weighted by Gasteiger charge is -2.29. The second-order valence-electron chi connectivity index (χ2n) is 8.28. The molecule has 4 nitrogen and oxygen atoms in total. The maximum Gasteiger partial charge on any atom is 0.247 e. The number of nitrogens with zero attached hydrogens (tertiary/aromatic N) is 1. The lowest BCUT2D eigenvalue weighted by Crippen LogP contribution is -2.33. The zero-order chi connectivity index (χ0) is 19.7. The number of halogens is 1. The molecular formula is C23H28FN3O. The monoisotopic (exact) mass is 381 g/mol. The molecular weight excluding hydrogens is 353 g/mol. The van der Waals surface area contributed by atoms with Gasteiger partial charge >= 0.3 is 0 Å². The number of rotatable bonds is 4. The summed E-state index contributed by atoms with van der Waals surface area (Å²) in [6, 6.07) is 10.9. The number of aryl methyl sites for hydroxylation is 1. The summed E-state index contributed by atoms with van der Waals surface area (Å²) >= 11 is 0. The lowest BCUT2D eigenvalue weighted by atomic mass is 9.91. The van der Waals surface area contributed by atoms with Crippen LogP contribution in [0.25, 0.3) is 0 Å². The molecule has 1 saturated heterocycles. The van der Waals surface area contributed by atoms with Gasteiger partial charge in [0.1, 0.15) is 11.9 Å². The molecule has 2 atom stereocenters. The standard InChI is InChI=1S/C23H28FN3O/c1-15-8-9-20(24)19-13-21(26-22(15)19)23(28)25-18-7-3-5-16(12-18)11-17-6-4-10-27(2)14-17/h3,5,7-9,12,17,21,26H,4,6,10-11,13-14H2,1-2H3,(H,25,28).